The first kappa shape index (κ1) is 38.9. The maximum absolute atomic E-state index is 14.0. The Hall–Kier alpha value is -4.37. The number of halogens is 2. The normalized spacial score (nSPS) is 31.1. The van der Waals surface area contributed by atoms with Gasteiger partial charge < -0.3 is 29.0 Å². The molecule has 3 aliphatic heterocycles. The summed E-state index contributed by atoms with van der Waals surface area (Å²) in [5, 5.41) is 26.2. The van der Waals surface area contributed by atoms with Gasteiger partial charge in [0.2, 0.25) is 5.91 Å². The molecular weight excluding hydrogens is 701 g/mol. The average molecular weight is 744 g/mol. The molecule has 5 rings (SSSR count). The lowest BCUT2D eigenvalue weighted by molar-refractivity contribution is -0.384. The van der Waals surface area contributed by atoms with Crippen molar-refractivity contribution in [3.05, 3.63) is 85.7 Å². The molecule has 13 nitrogen and oxygen atoms in total. The van der Waals surface area contributed by atoms with Gasteiger partial charge in [-0.15, -0.1) is 0 Å². The number of rotatable bonds is 4. The van der Waals surface area contributed by atoms with Crippen LogP contribution in [0.3, 0.4) is 0 Å². The largest absolute Gasteiger partial charge is 0.462 e. The summed E-state index contributed by atoms with van der Waals surface area (Å²) in [6.07, 6.45) is 0.266. The fraction of sp³-hybridized carbons (Fsp3) is 0.486. The molecule has 2 fully saturated rings. The van der Waals surface area contributed by atoms with Crippen LogP contribution in [-0.4, -0.2) is 77.8 Å². The number of benzene rings is 2. The highest BCUT2D eigenvalue weighted by Gasteiger charge is 2.64. The van der Waals surface area contributed by atoms with E-state index in [1.807, 2.05) is 26.0 Å². The number of aliphatic hydroxyl groups is 1. The molecule has 7 atom stereocenters. The molecule has 0 radical (unpaired) electrons. The van der Waals surface area contributed by atoms with Gasteiger partial charge in [-0.2, -0.15) is 0 Å². The van der Waals surface area contributed by atoms with Crippen molar-refractivity contribution in [2.45, 2.75) is 95.9 Å². The van der Waals surface area contributed by atoms with Crippen LogP contribution in [0.1, 0.15) is 56.7 Å². The van der Waals surface area contributed by atoms with Crippen molar-refractivity contribution >= 4 is 46.6 Å². The fourth-order valence-electron chi connectivity index (χ4n) is 7.19. The molecule has 4 bridgehead atoms. The number of allylic oxidation sites excluding steroid dienone is 3. The Kier molecular flexibility index (Phi) is 11.2. The number of hydrogen-bond acceptors (Lipinski definition) is 10. The molecule has 52 heavy (non-hydrogen) atoms. The zero-order valence-corrected chi connectivity index (χ0v) is 30.8. The predicted octanol–water partition coefficient (Wildman–Crippen LogP) is 6.28. The standard InChI is InChI=1S/C37H43ClFN3O10/c1-19-9-8-10-28(49-7)37(46)17-27(50-31(44)18-37)22(4)34-36(5,52-34)29(16-30(43)41(6)25-14-23(11-19)12-20(2)32(25)38)51-35(45)40-33-21(3)13-24(39)15-26(33)42(47)48/h8-10,12-15,22,27-29,34,46H,11,16-18H2,1-7H3,(H,40,45)/b10-8+,19-9+/t22-,27+,28-,29+,34+,36+,37-/m1/s1. The van der Waals surface area contributed by atoms with Crippen LogP contribution >= 0.6 is 11.6 Å². The van der Waals surface area contributed by atoms with E-state index >= 15 is 0 Å². The number of epoxide rings is 1. The molecule has 2 amide bonds. The van der Waals surface area contributed by atoms with E-state index in [1.165, 1.54) is 18.9 Å². The molecule has 3 heterocycles. The summed E-state index contributed by atoms with van der Waals surface area (Å²) in [7, 11) is 2.99. The Labute approximate surface area is 305 Å². The molecule has 0 saturated carbocycles. The summed E-state index contributed by atoms with van der Waals surface area (Å²) in [6.45, 7) is 8.54. The third-order valence-corrected chi connectivity index (χ3v) is 10.6. The Morgan fingerprint density at radius 1 is 1.19 bits per heavy atom. The van der Waals surface area contributed by atoms with Crippen LogP contribution in [0, 0.1) is 35.7 Å². The van der Waals surface area contributed by atoms with Gasteiger partial charge >= 0.3 is 12.1 Å². The van der Waals surface area contributed by atoms with Gasteiger partial charge in [0.05, 0.1) is 40.6 Å². The Morgan fingerprint density at radius 2 is 1.90 bits per heavy atom. The van der Waals surface area contributed by atoms with Gasteiger partial charge in [0.1, 0.15) is 41.0 Å². The van der Waals surface area contributed by atoms with E-state index in [4.69, 9.17) is 30.5 Å². The van der Waals surface area contributed by atoms with Gasteiger partial charge in [0.15, 0.2) is 0 Å². The number of hydrogen-bond donors (Lipinski definition) is 2. The zero-order valence-electron chi connectivity index (χ0n) is 30.0. The number of fused-ring (bicyclic) bond motifs is 5. The Balaban J connectivity index is 1.55. The van der Waals surface area contributed by atoms with Crippen LogP contribution in [0.15, 0.2) is 48.1 Å². The third kappa shape index (κ3) is 7.99. The van der Waals surface area contributed by atoms with Gasteiger partial charge in [-0.05, 0) is 62.9 Å². The number of ether oxygens (including phenoxy) is 4. The highest BCUT2D eigenvalue weighted by atomic mass is 35.5. The lowest BCUT2D eigenvalue weighted by Gasteiger charge is -2.41. The molecule has 2 aromatic rings. The molecule has 2 aromatic carbocycles. The molecule has 3 aliphatic rings. The SMILES string of the molecule is CO[C@@H]1/C=C/C=C(\C)Cc2cc(C)c(Cl)c(c2)N(C)C(=O)C[C@H](OC(=O)Nc2c(C)cc(F)cc2[N+](=O)[O-])[C@]2(C)O[C@H]2[C@H](C)[C@@H]2C[C@@]1(O)CC(=O)O2. The minimum Gasteiger partial charge on any atom is -0.462 e. The lowest BCUT2D eigenvalue weighted by atomic mass is 9.78. The van der Waals surface area contributed by atoms with E-state index in [0.29, 0.717) is 23.2 Å². The molecule has 0 unspecified atom stereocenters. The number of nitrogens with zero attached hydrogens (tertiary/aromatic N) is 2. The fourth-order valence-corrected chi connectivity index (χ4v) is 7.42. The topological polar surface area (TPSA) is 170 Å². The number of aryl methyl sites for hydroxylation is 2. The minimum atomic E-state index is -1.62. The summed E-state index contributed by atoms with van der Waals surface area (Å²) in [5.74, 6) is -2.55. The van der Waals surface area contributed by atoms with Crippen molar-refractivity contribution in [2.24, 2.45) is 5.92 Å². The smallest absolute Gasteiger partial charge is 0.412 e. The van der Waals surface area contributed by atoms with E-state index in [1.54, 1.807) is 39.1 Å². The number of carbonyl (C=O) groups is 3. The average Bonchev–Trinajstić information content (AvgIpc) is 3.75. The van der Waals surface area contributed by atoms with E-state index in [9.17, 15) is 34.0 Å². The van der Waals surface area contributed by atoms with Gasteiger partial charge in [0, 0.05) is 26.5 Å². The summed E-state index contributed by atoms with van der Waals surface area (Å²) in [5.41, 5.74) is -0.836. The van der Waals surface area contributed by atoms with Gasteiger partial charge in [-0.25, -0.2) is 9.18 Å². The predicted molar refractivity (Wildman–Crippen MR) is 190 cm³/mol. The van der Waals surface area contributed by atoms with Gasteiger partial charge in [-0.3, -0.25) is 25.0 Å². The van der Waals surface area contributed by atoms with E-state index in [0.717, 1.165) is 22.8 Å². The molecule has 2 saturated heterocycles. The maximum atomic E-state index is 14.0. The Bertz CT molecular complexity index is 1850. The molecule has 0 aromatic heterocycles. The number of methoxy groups -OCH3 is 1. The first-order valence-electron chi connectivity index (χ1n) is 16.8. The second-order valence-electron chi connectivity index (χ2n) is 14.1. The maximum Gasteiger partial charge on any atom is 0.412 e. The van der Waals surface area contributed by atoms with Crippen LogP contribution in [-0.2, 0) is 35.0 Å². The van der Waals surface area contributed by atoms with Crippen molar-refractivity contribution in [3.8, 4) is 0 Å². The second kappa shape index (κ2) is 14.9. The molecular formula is C37H43ClFN3O10. The molecule has 2 N–H and O–H groups in total. The van der Waals surface area contributed by atoms with Crippen molar-refractivity contribution in [1.82, 2.24) is 0 Å². The van der Waals surface area contributed by atoms with E-state index in [-0.39, 0.29) is 24.1 Å². The highest BCUT2D eigenvalue weighted by Crippen LogP contribution is 2.50. The summed E-state index contributed by atoms with van der Waals surface area (Å²) in [6, 6.07) is 5.42. The first-order valence-corrected chi connectivity index (χ1v) is 17.2. The summed E-state index contributed by atoms with van der Waals surface area (Å²) < 4.78 is 37.4. The molecule has 0 spiro atoms. The zero-order chi connectivity index (χ0) is 38.3. The summed E-state index contributed by atoms with van der Waals surface area (Å²) >= 11 is 6.72. The van der Waals surface area contributed by atoms with Crippen LogP contribution in [0.2, 0.25) is 5.02 Å². The van der Waals surface area contributed by atoms with Gasteiger partial charge in [0.25, 0.3) is 5.69 Å². The number of nitro groups is 1. The molecule has 0 aliphatic carbocycles. The van der Waals surface area contributed by atoms with Crippen molar-refractivity contribution < 1.29 is 47.8 Å². The third-order valence-electron chi connectivity index (χ3n) is 10.2. The van der Waals surface area contributed by atoms with Crippen LogP contribution in [0.25, 0.3) is 0 Å². The van der Waals surface area contributed by atoms with E-state index < -0.39 is 82.4 Å². The Morgan fingerprint density at radius 3 is 2.58 bits per heavy atom. The van der Waals surface area contributed by atoms with Crippen LogP contribution in [0.5, 0.6) is 0 Å². The number of carbonyl (C=O) groups excluding carboxylic acids is 3. The molecule has 280 valence electrons. The van der Waals surface area contributed by atoms with Crippen LogP contribution < -0.4 is 10.2 Å². The molecule has 15 heteroatoms. The van der Waals surface area contributed by atoms with Crippen molar-refractivity contribution in [2.75, 3.05) is 24.4 Å². The summed E-state index contributed by atoms with van der Waals surface area (Å²) in [4.78, 5) is 52.6. The monoisotopic (exact) mass is 743 g/mol. The quantitative estimate of drug-likeness (QED) is 0.157. The first-order chi connectivity index (χ1) is 24.4. The van der Waals surface area contributed by atoms with Crippen molar-refractivity contribution in [3.63, 3.8) is 0 Å². The second-order valence-corrected chi connectivity index (χ2v) is 14.5. The number of nitrogens with one attached hydrogen (secondary N) is 1. The number of anilines is 2. The minimum absolute atomic E-state index is 0.00614. The van der Waals surface area contributed by atoms with Gasteiger partial charge in [-0.1, -0.05) is 48.4 Å². The number of amides is 2. The highest BCUT2D eigenvalue weighted by molar-refractivity contribution is 6.34. The lowest BCUT2D eigenvalue weighted by Crippen LogP contribution is -2.53. The van der Waals surface area contributed by atoms with Crippen molar-refractivity contribution in [1.29, 1.82) is 0 Å². The number of nitro benzene ring substituents is 1. The number of esters is 1. The van der Waals surface area contributed by atoms with Crippen LogP contribution in [0.4, 0.5) is 26.2 Å². The van der Waals surface area contributed by atoms with E-state index in [2.05, 4.69) is 5.32 Å².